The van der Waals surface area contributed by atoms with Gasteiger partial charge in [0, 0.05) is 11.3 Å². The summed E-state index contributed by atoms with van der Waals surface area (Å²) >= 11 is 5.83. The van der Waals surface area contributed by atoms with E-state index in [1.807, 2.05) is 13.8 Å². The number of halogens is 1. The lowest BCUT2D eigenvalue weighted by Crippen LogP contribution is -2.13. The molecule has 1 unspecified atom stereocenters. The minimum Gasteiger partial charge on any atom is -0.325 e. The molecule has 1 aliphatic rings. The quantitative estimate of drug-likeness (QED) is 0.649. The van der Waals surface area contributed by atoms with Crippen LogP contribution in [0.4, 0.5) is 5.69 Å². The average molecular weight is 252 g/mol. The number of carbonyl (C=O) groups excluding carboxylic acids is 2. The van der Waals surface area contributed by atoms with Gasteiger partial charge in [-0.05, 0) is 43.5 Å². The van der Waals surface area contributed by atoms with E-state index in [9.17, 15) is 9.59 Å². The fraction of sp³-hybridized carbons (Fsp3) is 0.385. The summed E-state index contributed by atoms with van der Waals surface area (Å²) in [6, 6.07) is 1.79. The number of Topliss-reactive ketones (excluding diaryl/α,β-unsaturated/α-hetero) is 1. The van der Waals surface area contributed by atoms with E-state index in [1.54, 1.807) is 13.0 Å². The van der Waals surface area contributed by atoms with Gasteiger partial charge in [0.2, 0.25) is 5.91 Å². The maximum Gasteiger partial charge on any atom is 0.228 e. The Hall–Kier alpha value is -1.35. The molecule has 3 nitrogen and oxygen atoms in total. The minimum absolute atomic E-state index is 0.0222. The highest BCUT2D eigenvalue weighted by atomic mass is 35.5. The molecule has 1 aromatic rings. The summed E-state index contributed by atoms with van der Waals surface area (Å²) in [5, 5.41) is 2.27. The number of rotatable bonds is 2. The van der Waals surface area contributed by atoms with E-state index in [0.717, 1.165) is 22.4 Å². The van der Waals surface area contributed by atoms with E-state index in [0.29, 0.717) is 12.0 Å². The van der Waals surface area contributed by atoms with Crippen LogP contribution >= 0.6 is 11.6 Å². The monoisotopic (exact) mass is 251 g/mol. The van der Waals surface area contributed by atoms with Crippen molar-refractivity contribution in [3.63, 3.8) is 0 Å². The molecule has 90 valence electrons. The van der Waals surface area contributed by atoms with Crippen LogP contribution in [0.15, 0.2) is 6.07 Å². The fourth-order valence-corrected chi connectivity index (χ4v) is 2.24. The summed E-state index contributed by atoms with van der Waals surface area (Å²) in [6.45, 7) is 5.46. The predicted molar refractivity (Wildman–Crippen MR) is 67.9 cm³/mol. The van der Waals surface area contributed by atoms with Gasteiger partial charge in [0.1, 0.15) is 0 Å². The van der Waals surface area contributed by atoms with Crippen LogP contribution in [-0.4, -0.2) is 17.1 Å². The molecule has 0 radical (unpaired) electrons. The molecular formula is C13H14ClNO2. The Balaban J connectivity index is 2.58. The van der Waals surface area contributed by atoms with Crippen LogP contribution in [0.5, 0.6) is 0 Å². The van der Waals surface area contributed by atoms with Gasteiger partial charge in [0.05, 0.1) is 11.8 Å². The van der Waals surface area contributed by atoms with Crippen LogP contribution in [0.3, 0.4) is 0 Å². The van der Waals surface area contributed by atoms with Crippen molar-refractivity contribution < 1.29 is 9.59 Å². The van der Waals surface area contributed by atoms with Crippen molar-refractivity contribution in [3.8, 4) is 0 Å². The third-order valence-electron chi connectivity index (χ3n) is 3.22. The number of amides is 1. The van der Waals surface area contributed by atoms with Crippen LogP contribution in [0.25, 0.3) is 0 Å². The number of fused-ring (bicyclic) bond motifs is 1. The van der Waals surface area contributed by atoms with Gasteiger partial charge < -0.3 is 5.32 Å². The second kappa shape index (κ2) is 4.15. The first-order valence-electron chi connectivity index (χ1n) is 5.53. The summed E-state index contributed by atoms with van der Waals surface area (Å²) in [4.78, 5) is 23.3. The average Bonchev–Trinajstić information content (AvgIpc) is 2.63. The molecule has 4 heteroatoms. The van der Waals surface area contributed by atoms with Gasteiger partial charge >= 0.3 is 0 Å². The van der Waals surface area contributed by atoms with E-state index in [1.165, 1.54) is 0 Å². The Morgan fingerprint density at radius 3 is 2.65 bits per heavy atom. The van der Waals surface area contributed by atoms with Gasteiger partial charge in [-0.1, -0.05) is 0 Å². The maximum atomic E-state index is 12.0. The number of ketones is 1. The van der Waals surface area contributed by atoms with Gasteiger partial charge in [-0.25, -0.2) is 0 Å². The Bertz CT molecular complexity index is 521. The second-order valence-corrected chi connectivity index (χ2v) is 5.07. The SMILES string of the molecule is Cc1c(C(=O)C(C)Cl)cc2c(c1C)NC(=O)C2. The molecule has 1 heterocycles. The largest absolute Gasteiger partial charge is 0.325 e. The van der Waals surface area contributed by atoms with Gasteiger partial charge in [0.15, 0.2) is 5.78 Å². The van der Waals surface area contributed by atoms with Crippen molar-refractivity contribution in [2.45, 2.75) is 32.6 Å². The minimum atomic E-state index is -0.545. The molecule has 1 N–H and O–H groups in total. The van der Waals surface area contributed by atoms with E-state index in [2.05, 4.69) is 5.32 Å². The highest BCUT2D eigenvalue weighted by Gasteiger charge is 2.25. The first kappa shape index (κ1) is 12.1. The number of anilines is 1. The molecule has 1 atom stereocenters. The predicted octanol–water partition coefficient (Wildman–Crippen LogP) is 2.61. The molecule has 1 amide bonds. The topological polar surface area (TPSA) is 46.2 Å². The molecule has 1 aromatic carbocycles. The van der Waals surface area contributed by atoms with Crippen LogP contribution in [0.2, 0.25) is 0 Å². The van der Waals surface area contributed by atoms with Crippen LogP contribution in [-0.2, 0) is 11.2 Å². The van der Waals surface area contributed by atoms with Gasteiger partial charge in [0.25, 0.3) is 0 Å². The first-order chi connectivity index (χ1) is 7.91. The summed E-state index contributed by atoms with van der Waals surface area (Å²) in [7, 11) is 0. The number of hydrogen-bond acceptors (Lipinski definition) is 2. The number of nitrogens with one attached hydrogen (secondary N) is 1. The lowest BCUT2D eigenvalue weighted by molar-refractivity contribution is -0.115. The molecule has 1 aliphatic heterocycles. The van der Waals surface area contributed by atoms with Crippen molar-refractivity contribution in [1.82, 2.24) is 0 Å². The lowest BCUT2D eigenvalue weighted by atomic mass is 9.94. The van der Waals surface area contributed by atoms with Crippen molar-refractivity contribution in [3.05, 3.63) is 28.3 Å². The molecular weight excluding hydrogens is 238 g/mol. The third kappa shape index (κ3) is 1.95. The Kier molecular flexibility index (Phi) is 2.96. The van der Waals surface area contributed by atoms with Gasteiger partial charge in [-0.2, -0.15) is 0 Å². The van der Waals surface area contributed by atoms with E-state index in [4.69, 9.17) is 11.6 Å². The zero-order valence-electron chi connectivity index (χ0n) is 10.1. The highest BCUT2D eigenvalue weighted by molar-refractivity contribution is 6.33. The summed E-state index contributed by atoms with van der Waals surface area (Å²) in [5.74, 6) is -0.111. The Morgan fingerprint density at radius 2 is 2.06 bits per heavy atom. The number of carbonyl (C=O) groups is 2. The molecule has 0 aliphatic carbocycles. The standard InChI is InChI=1S/C13H14ClNO2/c1-6-7(2)12-9(5-11(16)15-12)4-10(6)13(17)8(3)14/h4,8H,5H2,1-3H3,(H,15,16). The molecule has 2 rings (SSSR count). The highest BCUT2D eigenvalue weighted by Crippen LogP contribution is 2.32. The molecule has 17 heavy (non-hydrogen) atoms. The van der Waals surface area contributed by atoms with E-state index >= 15 is 0 Å². The summed E-state index contributed by atoms with van der Waals surface area (Å²) in [6.07, 6.45) is 0.341. The smallest absolute Gasteiger partial charge is 0.228 e. The molecule has 0 bridgehead atoms. The zero-order chi connectivity index (χ0) is 12.7. The van der Waals surface area contributed by atoms with Crippen LogP contribution in [0, 0.1) is 13.8 Å². The number of alkyl halides is 1. The Morgan fingerprint density at radius 1 is 1.41 bits per heavy atom. The molecule has 0 saturated carbocycles. The summed E-state index contributed by atoms with van der Waals surface area (Å²) in [5.41, 5.74) is 4.21. The first-order valence-corrected chi connectivity index (χ1v) is 5.96. The maximum absolute atomic E-state index is 12.0. The molecule has 0 aromatic heterocycles. The van der Waals surface area contributed by atoms with Gasteiger partial charge in [-0.3, -0.25) is 9.59 Å². The molecule has 0 spiro atoms. The second-order valence-electron chi connectivity index (χ2n) is 4.41. The van der Waals surface area contributed by atoms with Crippen LogP contribution < -0.4 is 5.32 Å². The fourth-order valence-electron chi connectivity index (χ4n) is 2.13. The van der Waals surface area contributed by atoms with E-state index < -0.39 is 5.38 Å². The van der Waals surface area contributed by atoms with Crippen molar-refractivity contribution in [1.29, 1.82) is 0 Å². The van der Waals surface area contributed by atoms with Gasteiger partial charge in [-0.15, -0.1) is 11.6 Å². The third-order valence-corrected chi connectivity index (χ3v) is 3.42. The molecule has 0 fully saturated rings. The van der Waals surface area contributed by atoms with Crippen molar-refractivity contribution in [2.75, 3.05) is 5.32 Å². The molecule has 0 saturated heterocycles. The normalized spacial score (nSPS) is 15.4. The van der Waals surface area contributed by atoms with Crippen molar-refractivity contribution >= 4 is 29.0 Å². The number of benzene rings is 1. The van der Waals surface area contributed by atoms with Crippen molar-refractivity contribution in [2.24, 2.45) is 0 Å². The lowest BCUT2D eigenvalue weighted by Gasteiger charge is -2.13. The summed E-state index contributed by atoms with van der Waals surface area (Å²) < 4.78 is 0. The zero-order valence-corrected chi connectivity index (χ0v) is 10.8. The Labute approximate surface area is 105 Å². The number of hydrogen-bond donors (Lipinski definition) is 1. The van der Waals surface area contributed by atoms with E-state index in [-0.39, 0.29) is 11.7 Å². The van der Waals surface area contributed by atoms with Crippen LogP contribution in [0.1, 0.15) is 34.0 Å².